The molecule has 0 spiro atoms. The van der Waals surface area contributed by atoms with Crippen LogP contribution in [-0.4, -0.2) is 40.4 Å². The number of methoxy groups -OCH3 is 2. The third-order valence-electron chi connectivity index (χ3n) is 5.64. The summed E-state index contributed by atoms with van der Waals surface area (Å²) < 4.78 is 10.9. The van der Waals surface area contributed by atoms with Crippen LogP contribution in [0.3, 0.4) is 0 Å². The number of hydrogen-bond donors (Lipinski definition) is 2. The zero-order valence-electron chi connectivity index (χ0n) is 16.3. The molecule has 2 aromatic rings. The lowest BCUT2D eigenvalue weighted by Crippen LogP contribution is -3.18. The molecule has 1 unspecified atom stereocenters. The third-order valence-corrected chi connectivity index (χ3v) is 5.64. The first-order valence-corrected chi connectivity index (χ1v) is 9.60. The van der Waals surface area contributed by atoms with Gasteiger partial charge in [-0.05, 0) is 18.2 Å². The van der Waals surface area contributed by atoms with Crippen LogP contribution in [0.5, 0.6) is 11.5 Å². The molecule has 4 heteroatoms. The Morgan fingerprint density at radius 1 is 1.00 bits per heavy atom. The van der Waals surface area contributed by atoms with Gasteiger partial charge in [0.2, 0.25) is 0 Å². The highest BCUT2D eigenvalue weighted by Gasteiger charge is 2.28. The number of likely N-dealkylation sites (tertiary alicyclic amines) is 1. The molecule has 0 amide bonds. The fraction of sp³-hybridized carbons (Fsp3) is 0.455. The molecule has 1 aliphatic heterocycles. The second-order valence-electron chi connectivity index (χ2n) is 7.39. The number of piperidine rings is 1. The van der Waals surface area contributed by atoms with Crippen molar-refractivity contribution in [3.8, 4) is 11.5 Å². The molecule has 1 atom stereocenters. The standard InChI is InChI=1S/C22H30N2O2/c1-23(16-18-7-5-4-6-8-18)20-11-13-24(14-12-20)17-19-15-21(25-2)9-10-22(19)26-3/h4-10,15,20H,11-14,16-17H2,1-3H3/p+2. The van der Waals surface area contributed by atoms with E-state index in [0.29, 0.717) is 0 Å². The Balaban J connectivity index is 1.54. The van der Waals surface area contributed by atoms with Crippen LogP contribution in [0.25, 0.3) is 0 Å². The van der Waals surface area contributed by atoms with Crippen LogP contribution in [0.1, 0.15) is 24.0 Å². The molecule has 4 nitrogen and oxygen atoms in total. The van der Waals surface area contributed by atoms with E-state index in [4.69, 9.17) is 9.47 Å². The highest BCUT2D eigenvalue weighted by Crippen LogP contribution is 2.23. The largest absolute Gasteiger partial charge is 0.497 e. The molecule has 3 rings (SSSR count). The SMILES string of the molecule is COc1ccc(OC)c(C[NH+]2CCC([NH+](C)Cc3ccccc3)CC2)c1. The predicted octanol–water partition coefficient (Wildman–Crippen LogP) is 0.966. The number of quaternary nitrogens is 2. The molecule has 2 N–H and O–H groups in total. The molecular formula is C22H32N2O2+2. The summed E-state index contributed by atoms with van der Waals surface area (Å²) >= 11 is 0. The lowest BCUT2D eigenvalue weighted by atomic mass is 10.0. The molecule has 1 aliphatic rings. The monoisotopic (exact) mass is 356 g/mol. The van der Waals surface area contributed by atoms with Crippen LogP contribution >= 0.6 is 0 Å². The van der Waals surface area contributed by atoms with Gasteiger partial charge in [-0.15, -0.1) is 0 Å². The van der Waals surface area contributed by atoms with Gasteiger partial charge in [0.1, 0.15) is 24.6 Å². The summed E-state index contributed by atoms with van der Waals surface area (Å²) in [5.41, 5.74) is 2.67. The van der Waals surface area contributed by atoms with Crippen molar-refractivity contribution in [2.24, 2.45) is 0 Å². The fourth-order valence-electron chi connectivity index (χ4n) is 4.05. The van der Waals surface area contributed by atoms with Crippen molar-refractivity contribution in [2.45, 2.75) is 32.0 Å². The van der Waals surface area contributed by atoms with E-state index in [9.17, 15) is 0 Å². The summed E-state index contributed by atoms with van der Waals surface area (Å²) in [5, 5.41) is 0. The number of benzene rings is 2. The number of rotatable bonds is 7. The van der Waals surface area contributed by atoms with E-state index in [1.165, 1.54) is 37.1 Å². The van der Waals surface area contributed by atoms with Gasteiger partial charge in [0.05, 0.1) is 46.0 Å². The number of nitrogens with one attached hydrogen (secondary N) is 2. The minimum Gasteiger partial charge on any atom is -0.497 e. The Kier molecular flexibility index (Phi) is 6.53. The minimum absolute atomic E-state index is 0.756. The molecule has 1 heterocycles. The molecule has 0 aliphatic carbocycles. The van der Waals surface area contributed by atoms with Crippen LogP contribution in [0.2, 0.25) is 0 Å². The van der Waals surface area contributed by atoms with Crippen LogP contribution in [0.15, 0.2) is 48.5 Å². The van der Waals surface area contributed by atoms with Crippen LogP contribution in [0.4, 0.5) is 0 Å². The average molecular weight is 357 g/mol. The van der Waals surface area contributed by atoms with E-state index < -0.39 is 0 Å². The summed E-state index contributed by atoms with van der Waals surface area (Å²) in [6.07, 6.45) is 2.56. The maximum absolute atomic E-state index is 5.54. The Hall–Kier alpha value is -2.04. The fourth-order valence-corrected chi connectivity index (χ4v) is 4.05. The molecular weight excluding hydrogens is 324 g/mol. The van der Waals surface area contributed by atoms with Gasteiger partial charge in [-0.25, -0.2) is 0 Å². The molecule has 0 aromatic heterocycles. The molecule has 1 fully saturated rings. The van der Waals surface area contributed by atoms with Crippen molar-refractivity contribution in [3.05, 3.63) is 59.7 Å². The van der Waals surface area contributed by atoms with Crippen molar-refractivity contribution in [1.29, 1.82) is 0 Å². The molecule has 26 heavy (non-hydrogen) atoms. The molecule has 2 aromatic carbocycles. The van der Waals surface area contributed by atoms with Crippen molar-refractivity contribution in [2.75, 3.05) is 34.4 Å². The van der Waals surface area contributed by atoms with E-state index in [0.717, 1.165) is 30.6 Å². The number of ether oxygens (including phenoxy) is 2. The van der Waals surface area contributed by atoms with Crippen LogP contribution < -0.4 is 19.3 Å². The second kappa shape index (κ2) is 9.06. The Labute approximate surface area is 157 Å². The summed E-state index contributed by atoms with van der Waals surface area (Å²) in [5.74, 6) is 1.87. The predicted molar refractivity (Wildman–Crippen MR) is 104 cm³/mol. The second-order valence-corrected chi connectivity index (χ2v) is 7.39. The summed E-state index contributed by atoms with van der Waals surface area (Å²) in [6, 6.07) is 17.7. The zero-order chi connectivity index (χ0) is 18.4. The lowest BCUT2D eigenvalue weighted by Gasteiger charge is -2.32. The van der Waals surface area contributed by atoms with Crippen LogP contribution in [-0.2, 0) is 13.1 Å². The van der Waals surface area contributed by atoms with Gasteiger partial charge in [-0.1, -0.05) is 30.3 Å². The van der Waals surface area contributed by atoms with Crippen molar-refractivity contribution in [1.82, 2.24) is 0 Å². The molecule has 1 saturated heterocycles. The lowest BCUT2D eigenvalue weighted by molar-refractivity contribution is -0.960. The molecule has 0 bridgehead atoms. The van der Waals surface area contributed by atoms with E-state index in [-0.39, 0.29) is 0 Å². The summed E-state index contributed by atoms with van der Waals surface area (Å²) in [4.78, 5) is 3.27. The Morgan fingerprint density at radius 2 is 1.73 bits per heavy atom. The van der Waals surface area contributed by atoms with Gasteiger partial charge >= 0.3 is 0 Å². The zero-order valence-corrected chi connectivity index (χ0v) is 16.3. The van der Waals surface area contributed by atoms with E-state index in [1.54, 1.807) is 24.0 Å². The first kappa shape index (κ1) is 18.7. The van der Waals surface area contributed by atoms with Crippen molar-refractivity contribution >= 4 is 0 Å². The van der Waals surface area contributed by atoms with Crippen molar-refractivity contribution < 1.29 is 19.3 Å². The molecule has 0 radical (unpaired) electrons. The number of hydrogen-bond acceptors (Lipinski definition) is 2. The summed E-state index contributed by atoms with van der Waals surface area (Å²) in [7, 11) is 5.80. The van der Waals surface area contributed by atoms with Gasteiger partial charge in [0.15, 0.2) is 0 Å². The van der Waals surface area contributed by atoms with Crippen LogP contribution in [0, 0.1) is 0 Å². The maximum atomic E-state index is 5.54. The Bertz CT molecular complexity index is 682. The Morgan fingerprint density at radius 3 is 2.38 bits per heavy atom. The van der Waals surface area contributed by atoms with E-state index in [2.05, 4.69) is 43.4 Å². The first-order chi connectivity index (χ1) is 12.7. The van der Waals surface area contributed by atoms with Gasteiger partial charge in [-0.3, -0.25) is 0 Å². The smallest absolute Gasteiger partial charge is 0.127 e. The normalized spacial score (nSPS) is 21.2. The highest BCUT2D eigenvalue weighted by atomic mass is 16.5. The van der Waals surface area contributed by atoms with Gasteiger partial charge in [-0.2, -0.15) is 0 Å². The average Bonchev–Trinajstić information content (AvgIpc) is 2.69. The quantitative estimate of drug-likeness (QED) is 0.774. The minimum atomic E-state index is 0.756. The highest BCUT2D eigenvalue weighted by molar-refractivity contribution is 5.39. The topological polar surface area (TPSA) is 27.3 Å². The molecule has 140 valence electrons. The van der Waals surface area contributed by atoms with Gasteiger partial charge in [0.25, 0.3) is 0 Å². The van der Waals surface area contributed by atoms with Crippen molar-refractivity contribution in [3.63, 3.8) is 0 Å². The van der Waals surface area contributed by atoms with E-state index in [1.807, 2.05) is 12.1 Å². The molecule has 0 saturated carbocycles. The third kappa shape index (κ3) is 4.77. The first-order valence-electron chi connectivity index (χ1n) is 9.60. The van der Waals surface area contributed by atoms with Gasteiger partial charge < -0.3 is 19.3 Å². The summed E-state index contributed by atoms with van der Waals surface area (Å²) in [6.45, 7) is 4.56. The van der Waals surface area contributed by atoms with Gasteiger partial charge in [0, 0.05) is 18.4 Å². The van der Waals surface area contributed by atoms with E-state index >= 15 is 0 Å². The maximum Gasteiger partial charge on any atom is 0.127 e.